The first kappa shape index (κ1) is 23.3. The minimum atomic E-state index is -0.627. The number of hydrogen-bond donors (Lipinski definition) is 1. The second-order valence-electron chi connectivity index (χ2n) is 8.98. The lowest BCUT2D eigenvalue weighted by molar-refractivity contribution is -0.384. The van der Waals surface area contributed by atoms with E-state index < -0.39 is 11.0 Å². The van der Waals surface area contributed by atoms with Gasteiger partial charge < -0.3 is 10.1 Å². The summed E-state index contributed by atoms with van der Waals surface area (Å²) < 4.78 is 5.31. The number of ether oxygens (including phenoxy) is 1. The molecule has 0 spiro atoms. The molecule has 0 fully saturated rings. The number of carbonyl (C=O) groups is 2. The predicted molar refractivity (Wildman–Crippen MR) is 136 cm³/mol. The van der Waals surface area contributed by atoms with Crippen molar-refractivity contribution < 1.29 is 19.2 Å². The van der Waals surface area contributed by atoms with E-state index in [-0.39, 0.29) is 29.7 Å². The molecule has 1 heterocycles. The molecule has 2 atom stereocenters. The first-order chi connectivity index (χ1) is 17.4. The number of rotatable bonds is 4. The number of allylic oxidation sites excluding steroid dienone is 1. The van der Waals surface area contributed by atoms with Crippen molar-refractivity contribution in [2.45, 2.75) is 31.7 Å². The fourth-order valence-corrected chi connectivity index (χ4v) is 5.17. The number of amides is 1. The Balaban J connectivity index is 1.67. The SMILES string of the molecule is COc1ccc(C2C3=C(CC(c4cccc([N+](=O)[O-])c4)CC3=O)Nc3ccccc3N2C(C)=O)cc1. The molecule has 3 aromatic carbocycles. The van der Waals surface area contributed by atoms with Gasteiger partial charge in [-0.2, -0.15) is 0 Å². The topological polar surface area (TPSA) is 102 Å². The third-order valence-corrected chi connectivity index (χ3v) is 6.81. The zero-order chi connectivity index (χ0) is 25.4. The van der Waals surface area contributed by atoms with Gasteiger partial charge in [-0.25, -0.2) is 0 Å². The lowest BCUT2D eigenvalue weighted by Crippen LogP contribution is -2.37. The number of nitrogens with zero attached hydrogens (tertiary/aromatic N) is 2. The number of nitro groups is 1. The van der Waals surface area contributed by atoms with Crippen LogP contribution in [0.1, 0.15) is 42.9 Å². The number of methoxy groups -OCH3 is 1. The van der Waals surface area contributed by atoms with Gasteiger partial charge in [-0.05, 0) is 47.7 Å². The van der Waals surface area contributed by atoms with Gasteiger partial charge in [0.1, 0.15) is 5.75 Å². The smallest absolute Gasteiger partial charge is 0.269 e. The summed E-state index contributed by atoms with van der Waals surface area (Å²) in [4.78, 5) is 39.4. The Morgan fingerprint density at radius 1 is 1.03 bits per heavy atom. The third kappa shape index (κ3) is 4.11. The minimum absolute atomic E-state index is 0.00207. The number of Topliss-reactive ketones (excluding diaryl/α,β-unsaturated/α-hetero) is 1. The van der Waals surface area contributed by atoms with E-state index in [0.29, 0.717) is 23.4 Å². The summed E-state index contributed by atoms with van der Waals surface area (Å²) in [6, 6.07) is 20.7. The molecule has 8 nitrogen and oxygen atoms in total. The lowest BCUT2D eigenvalue weighted by Gasteiger charge is -2.34. The highest BCUT2D eigenvalue weighted by molar-refractivity contribution is 6.06. The first-order valence-corrected chi connectivity index (χ1v) is 11.7. The van der Waals surface area contributed by atoms with Crippen LogP contribution in [-0.4, -0.2) is 23.7 Å². The number of fused-ring (bicyclic) bond motifs is 1. The van der Waals surface area contributed by atoms with Gasteiger partial charge >= 0.3 is 0 Å². The van der Waals surface area contributed by atoms with Crippen molar-refractivity contribution in [1.82, 2.24) is 0 Å². The van der Waals surface area contributed by atoms with Crippen LogP contribution in [0.5, 0.6) is 5.75 Å². The zero-order valence-corrected chi connectivity index (χ0v) is 19.9. The van der Waals surface area contributed by atoms with E-state index in [1.807, 2.05) is 54.6 Å². The number of nitrogens with one attached hydrogen (secondary N) is 1. The average Bonchev–Trinajstić information content (AvgIpc) is 3.03. The maximum absolute atomic E-state index is 13.8. The molecule has 0 radical (unpaired) electrons. The molecule has 8 heteroatoms. The molecule has 2 unspecified atom stereocenters. The second-order valence-corrected chi connectivity index (χ2v) is 8.98. The average molecular weight is 484 g/mol. The van der Waals surface area contributed by atoms with Gasteiger partial charge in [0.25, 0.3) is 5.69 Å². The van der Waals surface area contributed by atoms with E-state index in [0.717, 1.165) is 22.5 Å². The molecule has 2 aliphatic rings. The largest absolute Gasteiger partial charge is 0.497 e. The molecule has 0 aromatic heterocycles. The molecule has 182 valence electrons. The quantitative estimate of drug-likeness (QED) is 0.387. The number of ketones is 1. The number of hydrogen-bond acceptors (Lipinski definition) is 6. The van der Waals surface area contributed by atoms with Crippen LogP contribution in [0.4, 0.5) is 17.1 Å². The summed E-state index contributed by atoms with van der Waals surface area (Å²) in [5, 5.41) is 14.8. The first-order valence-electron chi connectivity index (χ1n) is 11.7. The van der Waals surface area contributed by atoms with Crippen LogP contribution in [-0.2, 0) is 9.59 Å². The Hall–Kier alpha value is -4.46. The van der Waals surface area contributed by atoms with Crippen LogP contribution in [0.25, 0.3) is 0 Å². The van der Waals surface area contributed by atoms with Crippen molar-refractivity contribution in [1.29, 1.82) is 0 Å². The Morgan fingerprint density at radius 2 is 1.78 bits per heavy atom. The zero-order valence-electron chi connectivity index (χ0n) is 19.9. The van der Waals surface area contributed by atoms with Crippen molar-refractivity contribution in [3.63, 3.8) is 0 Å². The van der Waals surface area contributed by atoms with Gasteiger partial charge in [0.15, 0.2) is 5.78 Å². The van der Waals surface area contributed by atoms with E-state index >= 15 is 0 Å². The summed E-state index contributed by atoms with van der Waals surface area (Å²) in [6.07, 6.45) is 0.672. The molecule has 0 saturated heterocycles. The number of carbonyl (C=O) groups excluding carboxylic acids is 2. The summed E-state index contributed by atoms with van der Waals surface area (Å²) in [5.74, 6) is 0.166. The van der Waals surface area contributed by atoms with Crippen molar-refractivity contribution in [2.75, 3.05) is 17.3 Å². The summed E-state index contributed by atoms with van der Waals surface area (Å²) >= 11 is 0. The van der Waals surface area contributed by atoms with Crippen molar-refractivity contribution in [3.05, 3.63) is 105 Å². The van der Waals surface area contributed by atoms with Gasteiger partial charge in [-0.1, -0.05) is 36.4 Å². The Morgan fingerprint density at radius 3 is 2.47 bits per heavy atom. The second kappa shape index (κ2) is 9.30. The monoisotopic (exact) mass is 483 g/mol. The van der Waals surface area contributed by atoms with Crippen LogP contribution in [0.2, 0.25) is 0 Å². The number of benzene rings is 3. The van der Waals surface area contributed by atoms with Crippen LogP contribution < -0.4 is 15.0 Å². The number of nitro benzene ring substituents is 1. The van der Waals surface area contributed by atoms with Crippen molar-refractivity contribution in [2.24, 2.45) is 0 Å². The lowest BCUT2D eigenvalue weighted by atomic mass is 9.78. The van der Waals surface area contributed by atoms with Gasteiger partial charge in [-0.15, -0.1) is 0 Å². The standard InChI is InChI=1S/C28H25N3O5/c1-17(32)30-25-9-4-3-8-23(25)29-24-15-20(19-6-5-7-21(14-19)31(34)35)16-26(33)27(24)28(30)18-10-12-22(36-2)13-11-18/h3-14,20,28-29H,15-16H2,1-2H3. The molecule has 3 aromatic rings. The maximum atomic E-state index is 13.8. The molecule has 36 heavy (non-hydrogen) atoms. The molecule has 1 amide bonds. The normalized spacial score (nSPS) is 19.1. The molecular weight excluding hydrogens is 458 g/mol. The summed E-state index contributed by atoms with van der Waals surface area (Å²) in [7, 11) is 1.59. The Kier molecular flexibility index (Phi) is 6.01. The van der Waals surface area contributed by atoms with Gasteiger partial charge in [0, 0.05) is 36.7 Å². The van der Waals surface area contributed by atoms with E-state index in [9.17, 15) is 19.7 Å². The molecular formula is C28H25N3O5. The minimum Gasteiger partial charge on any atom is -0.497 e. The van der Waals surface area contributed by atoms with Crippen molar-refractivity contribution >= 4 is 28.8 Å². The highest BCUT2D eigenvalue weighted by Gasteiger charge is 2.41. The van der Waals surface area contributed by atoms with Gasteiger partial charge in [0.2, 0.25) is 5.91 Å². The van der Waals surface area contributed by atoms with E-state index in [1.165, 1.54) is 19.1 Å². The number of para-hydroxylation sites is 2. The highest BCUT2D eigenvalue weighted by Crippen LogP contribution is 2.47. The number of non-ortho nitro benzene ring substituents is 1. The maximum Gasteiger partial charge on any atom is 0.269 e. The summed E-state index contributed by atoms with van der Waals surface area (Å²) in [6.45, 7) is 1.50. The molecule has 5 rings (SSSR count). The third-order valence-electron chi connectivity index (χ3n) is 6.81. The molecule has 0 saturated carbocycles. The van der Waals surface area contributed by atoms with E-state index in [2.05, 4.69) is 5.32 Å². The number of anilines is 2. The van der Waals surface area contributed by atoms with Crippen LogP contribution in [0.15, 0.2) is 84.1 Å². The van der Waals surface area contributed by atoms with E-state index in [4.69, 9.17) is 4.74 Å². The molecule has 1 aliphatic carbocycles. The highest BCUT2D eigenvalue weighted by atomic mass is 16.6. The molecule has 1 N–H and O–H groups in total. The van der Waals surface area contributed by atoms with Crippen molar-refractivity contribution in [3.8, 4) is 5.75 Å². The molecule has 0 bridgehead atoms. The fraction of sp³-hybridized carbons (Fsp3) is 0.214. The van der Waals surface area contributed by atoms with E-state index in [1.54, 1.807) is 18.1 Å². The Labute approximate surface area is 208 Å². The fourth-order valence-electron chi connectivity index (χ4n) is 5.17. The van der Waals surface area contributed by atoms with Gasteiger partial charge in [-0.3, -0.25) is 24.6 Å². The van der Waals surface area contributed by atoms with Gasteiger partial charge in [0.05, 0.1) is 29.4 Å². The van der Waals surface area contributed by atoms with Crippen LogP contribution in [0.3, 0.4) is 0 Å². The Bertz CT molecular complexity index is 1400. The van der Waals surface area contributed by atoms with Crippen LogP contribution >= 0.6 is 0 Å². The predicted octanol–water partition coefficient (Wildman–Crippen LogP) is 5.52. The summed E-state index contributed by atoms with van der Waals surface area (Å²) in [5.41, 5.74) is 4.20. The molecule has 1 aliphatic heterocycles. The van der Waals surface area contributed by atoms with Crippen LogP contribution in [0, 0.1) is 10.1 Å².